The van der Waals surface area contributed by atoms with Crippen LogP contribution >= 0.6 is 0 Å². The number of aromatic amines is 2. The molecule has 0 bridgehead atoms. The molecule has 37 heavy (non-hydrogen) atoms. The first-order chi connectivity index (χ1) is 18.1. The number of anilines is 1. The molecule has 1 aliphatic rings. The van der Waals surface area contributed by atoms with Gasteiger partial charge in [0.25, 0.3) is 0 Å². The van der Waals surface area contributed by atoms with Crippen molar-refractivity contribution < 1.29 is 9.18 Å². The number of hydrogen-bond donors (Lipinski definition) is 3. The first-order valence-corrected chi connectivity index (χ1v) is 12.1. The van der Waals surface area contributed by atoms with Gasteiger partial charge in [-0.25, -0.2) is 4.39 Å². The lowest BCUT2D eigenvalue weighted by atomic mass is 10.0. The molecule has 180 valence electrons. The molecule has 6 aromatic rings. The highest BCUT2D eigenvalue weighted by molar-refractivity contribution is 6.01. The first kappa shape index (κ1) is 21.4. The second-order valence-electron chi connectivity index (χ2n) is 9.37. The number of benzene rings is 2. The predicted molar refractivity (Wildman–Crippen MR) is 141 cm³/mol. The molecule has 0 radical (unpaired) electrons. The normalized spacial score (nSPS) is 13.3. The Morgan fingerprint density at radius 2 is 1.68 bits per heavy atom. The third-order valence-electron chi connectivity index (χ3n) is 6.77. The summed E-state index contributed by atoms with van der Waals surface area (Å²) in [6, 6.07) is 18.3. The summed E-state index contributed by atoms with van der Waals surface area (Å²) in [6.45, 7) is 0. The van der Waals surface area contributed by atoms with E-state index in [1.807, 2.05) is 30.3 Å². The van der Waals surface area contributed by atoms with E-state index in [1.165, 1.54) is 12.1 Å². The molecule has 2 aromatic carbocycles. The van der Waals surface area contributed by atoms with Gasteiger partial charge in [0.15, 0.2) is 0 Å². The van der Waals surface area contributed by atoms with E-state index in [0.29, 0.717) is 5.69 Å². The van der Waals surface area contributed by atoms with Crippen molar-refractivity contribution in [3.63, 3.8) is 0 Å². The van der Waals surface area contributed by atoms with Gasteiger partial charge in [0.2, 0.25) is 5.91 Å². The zero-order chi connectivity index (χ0) is 24.9. The number of amides is 1. The highest BCUT2D eigenvalue weighted by Crippen LogP contribution is 2.35. The summed E-state index contributed by atoms with van der Waals surface area (Å²) >= 11 is 0. The number of carbonyl (C=O) groups excluding carboxylic acids is 1. The SMILES string of the molecule is O=C(Nc1cncc(-c2ccc3[nH]nc(-c4cc5c(-c6ccc(F)cc6)nccc5[nH]4)c3c2)c1)C1CC1. The van der Waals surface area contributed by atoms with E-state index in [4.69, 9.17) is 0 Å². The summed E-state index contributed by atoms with van der Waals surface area (Å²) in [5.74, 6) is -0.0982. The van der Waals surface area contributed by atoms with Gasteiger partial charge in [-0.15, -0.1) is 0 Å². The number of fused-ring (bicyclic) bond motifs is 2. The van der Waals surface area contributed by atoms with E-state index >= 15 is 0 Å². The average Bonchev–Trinajstić information content (AvgIpc) is 3.55. The van der Waals surface area contributed by atoms with Crippen molar-refractivity contribution in [2.45, 2.75) is 12.8 Å². The molecule has 1 saturated carbocycles. The minimum atomic E-state index is -0.282. The van der Waals surface area contributed by atoms with Crippen LogP contribution in [0.1, 0.15) is 12.8 Å². The number of hydrogen-bond acceptors (Lipinski definition) is 4. The average molecular weight is 489 g/mol. The minimum Gasteiger partial charge on any atom is -0.353 e. The smallest absolute Gasteiger partial charge is 0.227 e. The number of nitrogens with zero attached hydrogens (tertiary/aromatic N) is 3. The summed E-state index contributed by atoms with van der Waals surface area (Å²) in [6.07, 6.45) is 7.10. The molecular formula is C29H21FN6O. The molecule has 1 aliphatic carbocycles. The molecule has 7 nitrogen and oxygen atoms in total. The Kier molecular flexibility index (Phi) is 4.85. The zero-order valence-electron chi connectivity index (χ0n) is 19.6. The van der Waals surface area contributed by atoms with Gasteiger partial charge in [-0.05, 0) is 73.0 Å². The largest absolute Gasteiger partial charge is 0.353 e. The van der Waals surface area contributed by atoms with Crippen molar-refractivity contribution in [1.29, 1.82) is 0 Å². The molecule has 0 atom stereocenters. The van der Waals surface area contributed by atoms with Crippen molar-refractivity contribution in [2.24, 2.45) is 5.92 Å². The fraction of sp³-hybridized carbons (Fsp3) is 0.103. The van der Waals surface area contributed by atoms with Gasteiger partial charge in [-0.2, -0.15) is 5.10 Å². The fourth-order valence-corrected chi connectivity index (χ4v) is 4.67. The van der Waals surface area contributed by atoms with Crippen molar-refractivity contribution in [3.05, 3.63) is 85.1 Å². The van der Waals surface area contributed by atoms with Crippen molar-refractivity contribution in [3.8, 4) is 33.8 Å². The highest BCUT2D eigenvalue weighted by Gasteiger charge is 2.29. The highest BCUT2D eigenvalue weighted by atomic mass is 19.1. The standard InChI is InChI=1S/C29H21FN6O/c30-20-6-3-16(4-7-20)27-23-13-26(34-24(23)9-10-32-27)28-22-12-18(5-8-25(22)35-36-28)19-11-21(15-31-14-19)33-29(37)17-1-2-17/h3-15,17,34H,1-2H2,(H,33,37)(H,35,36). The maximum Gasteiger partial charge on any atom is 0.227 e. The van der Waals surface area contributed by atoms with E-state index in [-0.39, 0.29) is 17.6 Å². The lowest BCUT2D eigenvalue weighted by molar-refractivity contribution is -0.117. The molecule has 3 N–H and O–H groups in total. The molecule has 0 spiro atoms. The molecular weight excluding hydrogens is 467 g/mol. The Hall–Kier alpha value is -4.85. The van der Waals surface area contributed by atoms with Gasteiger partial charge in [-0.1, -0.05) is 6.07 Å². The van der Waals surface area contributed by atoms with Crippen LogP contribution in [-0.2, 0) is 4.79 Å². The van der Waals surface area contributed by atoms with Gasteiger partial charge in [0.05, 0.1) is 28.8 Å². The lowest BCUT2D eigenvalue weighted by Crippen LogP contribution is -2.13. The summed E-state index contributed by atoms with van der Waals surface area (Å²) in [7, 11) is 0. The Bertz CT molecular complexity index is 1800. The van der Waals surface area contributed by atoms with Crippen molar-refractivity contribution in [2.75, 3.05) is 5.32 Å². The van der Waals surface area contributed by atoms with Crippen LogP contribution in [-0.4, -0.2) is 31.1 Å². The van der Waals surface area contributed by atoms with E-state index in [9.17, 15) is 9.18 Å². The van der Waals surface area contributed by atoms with Crippen LogP contribution in [0.25, 0.3) is 55.6 Å². The number of pyridine rings is 2. The summed E-state index contributed by atoms with van der Waals surface area (Å²) in [5.41, 5.74) is 7.63. The molecule has 4 heterocycles. The van der Waals surface area contributed by atoms with Crippen LogP contribution in [0, 0.1) is 11.7 Å². The quantitative estimate of drug-likeness (QED) is 0.264. The summed E-state index contributed by atoms with van der Waals surface area (Å²) in [4.78, 5) is 24.5. The number of halogens is 1. The molecule has 0 saturated heterocycles. The van der Waals surface area contributed by atoms with Gasteiger partial charge < -0.3 is 10.3 Å². The summed E-state index contributed by atoms with van der Waals surface area (Å²) < 4.78 is 13.5. The van der Waals surface area contributed by atoms with Gasteiger partial charge in [-0.3, -0.25) is 19.9 Å². The lowest BCUT2D eigenvalue weighted by Gasteiger charge is -2.07. The maximum atomic E-state index is 13.5. The summed E-state index contributed by atoms with van der Waals surface area (Å²) in [5, 5.41) is 12.6. The van der Waals surface area contributed by atoms with Gasteiger partial charge in [0.1, 0.15) is 11.5 Å². The number of aromatic nitrogens is 5. The second kappa shape index (κ2) is 8.37. The van der Waals surface area contributed by atoms with Crippen molar-refractivity contribution in [1.82, 2.24) is 25.1 Å². The number of rotatable bonds is 5. The van der Waals surface area contributed by atoms with Crippen molar-refractivity contribution >= 4 is 33.4 Å². The van der Waals surface area contributed by atoms with Crippen LogP contribution in [0.3, 0.4) is 0 Å². The molecule has 8 heteroatoms. The van der Waals surface area contributed by atoms with Gasteiger partial charge >= 0.3 is 0 Å². The van der Waals surface area contributed by atoms with E-state index in [1.54, 1.807) is 30.7 Å². The van der Waals surface area contributed by atoms with Crippen LogP contribution in [0.5, 0.6) is 0 Å². The maximum absolute atomic E-state index is 13.5. The number of H-pyrrole nitrogens is 2. The van der Waals surface area contributed by atoms with E-state index in [2.05, 4.69) is 36.5 Å². The van der Waals surface area contributed by atoms with E-state index in [0.717, 1.165) is 68.4 Å². The molecule has 1 amide bonds. The van der Waals surface area contributed by atoms with Crippen LogP contribution in [0.4, 0.5) is 10.1 Å². The molecule has 7 rings (SSSR count). The Balaban J connectivity index is 1.28. The minimum absolute atomic E-state index is 0.0554. The fourth-order valence-electron chi connectivity index (χ4n) is 4.67. The van der Waals surface area contributed by atoms with Crippen LogP contribution < -0.4 is 5.32 Å². The topological polar surface area (TPSA) is 99.3 Å². The number of carbonyl (C=O) groups is 1. The predicted octanol–water partition coefficient (Wildman–Crippen LogP) is 6.32. The second-order valence-corrected chi connectivity index (χ2v) is 9.37. The van der Waals surface area contributed by atoms with Crippen LogP contribution in [0.15, 0.2) is 79.3 Å². The molecule has 4 aromatic heterocycles. The molecule has 1 fully saturated rings. The Labute approximate surface area is 210 Å². The molecule has 0 unspecified atom stereocenters. The van der Waals surface area contributed by atoms with Crippen LogP contribution in [0.2, 0.25) is 0 Å². The zero-order valence-corrected chi connectivity index (χ0v) is 19.6. The van der Waals surface area contributed by atoms with E-state index < -0.39 is 0 Å². The molecule has 0 aliphatic heterocycles. The third kappa shape index (κ3) is 3.92. The Morgan fingerprint density at radius 3 is 2.51 bits per heavy atom. The van der Waals surface area contributed by atoms with Gasteiger partial charge in [0, 0.05) is 45.7 Å². The first-order valence-electron chi connectivity index (χ1n) is 12.1. The third-order valence-corrected chi connectivity index (χ3v) is 6.77. The Morgan fingerprint density at radius 1 is 0.865 bits per heavy atom. The number of nitrogens with one attached hydrogen (secondary N) is 3. The monoisotopic (exact) mass is 488 g/mol.